The molecule has 1 unspecified atom stereocenters. The molecule has 1 rings (SSSR count). The monoisotopic (exact) mass is 236 g/mol. The summed E-state index contributed by atoms with van der Waals surface area (Å²) in [7, 11) is 0. The zero-order valence-corrected chi connectivity index (χ0v) is 9.63. The molecule has 3 heteroatoms. The van der Waals surface area contributed by atoms with Crippen molar-refractivity contribution in [1.29, 1.82) is 0 Å². The Labute approximate surface area is 93.8 Å². The van der Waals surface area contributed by atoms with Gasteiger partial charge in [0, 0.05) is 10.9 Å². The first-order chi connectivity index (χ1) is 6.13. The summed E-state index contributed by atoms with van der Waals surface area (Å²) >= 11 is 17.6. The largest absolute Gasteiger partial charge is 0.125 e. The van der Waals surface area contributed by atoms with Crippen LogP contribution in [0.2, 0.25) is 5.02 Å². The van der Waals surface area contributed by atoms with Crippen molar-refractivity contribution in [2.24, 2.45) is 0 Å². The maximum absolute atomic E-state index is 6.03. The van der Waals surface area contributed by atoms with Crippen LogP contribution in [0.4, 0.5) is 0 Å². The number of rotatable bonds is 3. The molecule has 0 N–H and O–H groups in total. The van der Waals surface area contributed by atoms with Gasteiger partial charge in [0.2, 0.25) is 0 Å². The van der Waals surface area contributed by atoms with Gasteiger partial charge in [-0.2, -0.15) is 0 Å². The molecule has 13 heavy (non-hydrogen) atoms. The van der Waals surface area contributed by atoms with Gasteiger partial charge >= 0.3 is 0 Å². The summed E-state index contributed by atoms with van der Waals surface area (Å²) in [5.41, 5.74) is 2.22. The van der Waals surface area contributed by atoms with E-state index in [2.05, 4.69) is 0 Å². The highest BCUT2D eigenvalue weighted by Gasteiger charge is 2.07. The lowest BCUT2D eigenvalue weighted by Gasteiger charge is -2.07. The Balaban J connectivity index is 2.77. The summed E-state index contributed by atoms with van der Waals surface area (Å²) in [4.78, 5) is 0. The van der Waals surface area contributed by atoms with Crippen molar-refractivity contribution in [2.75, 3.05) is 5.88 Å². The van der Waals surface area contributed by atoms with Crippen LogP contribution < -0.4 is 0 Å². The summed E-state index contributed by atoms with van der Waals surface area (Å²) in [6.07, 6.45) is 0.726. The van der Waals surface area contributed by atoms with E-state index in [4.69, 9.17) is 34.8 Å². The van der Waals surface area contributed by atoms with Crippen molar-refractivity contribution in [2.45, 2.75) is 18.7 Å². The first-order valence-electron chi connectivity index (χ1n) is 4.08. The number of aryl methyl sites for hydroxylation is 1. The summed E-state index contributed by atoms with van der Waals surface area (Å²) in [6, 6.07) is 5.97. The Hall–Kier alpha value is 0.0900. The van der Waals surface area contributed by atoms with E-state index in [0.29, 0.717) is 5.88 Å². The summed E-state index contributed by atoms with van der Waals surface area (Å²) in [5.74, 6) is 0.450. The van der Waals surface area contributed by atoms with Crippen LogP contribution in [-0.2, 0) is 6.42 Å². The molecule has 0 aromatic heterocycles. The molecular formula is C10H11Cl3. The normalized spacial score (nSPS) is 12.9. The Morgan fingerprint density at radius 3 is 2.62 bits per heavy atom. The van der Waals surface area contributed by atoms with Crippen molar-refractivity contribution in [1.82, 2.24) is 0 Å². The first kappa shape index (κ1) is 11.2. The fraction of sp³-hybridized carbons (Fsp3) is 0.400. The molecule has 1 atom stereocenters. The topological polar surface area (TPSA) is 0 Å². The molecule has 1 aromatic rings. The van der Waals surface area contributed by atoms with Crippen molar-refractivity contribution in [3.8, 4) is 0 Å². The van der Waals surface area contributed by atoms with E-state index >= 15 is 0 Å². The van der Waals surface area contributed by atoms with Crippen LogP contribution in [-0.4, -0.2) is 11.3 Å². The van der Waals surface area contributed by atoms with Gasteiger partial charge in [-0.25, -0.2) is 0 Å². The van der Waals surface area contributed by atoms with Crippen molar-refractivity contribution < 1.29 is 0 Å². The molecule has 0 saturated heterocycles. The lowest BCUT2D eigenvalue weighted by atomic mass is 10.1. The second-order valence-corrected chi connectivity index (χ2v) is 4.38. The molecule has 0 amide bonds. The molecule has 0 aliphatic carbocycles. The molecule has 0 radical (unpaired) electrons. The van der Waals surface area contributed by atoms with Gasteiger partial charge < -0.3 is 0 Å². The van der Waals surface area contributed by atoms with Crippen molar-refractivity contribution >= 4 is 34.8 Å². The zero-order chi connectivity index (χ0) is 9.84. The maximum Gasteiger partial charge on any atom is 0.0512 e. The fourth-order valence-electron chi connectivity index (χ4n) is 1.11. The van der Waals surface area contributed by atoms with Gasteiger partial charge in [0.1, 0.15) is 0 Å². The molecule has 1 aromatic carbocycles. The van der Waals surface area contributed by atoms with Gasteiger partial charge in [0.05, 0.1) is 5.38 Å². The highest BCUT2D eigenvalue weighted by molar-refractivity contribution is 6.31. The molecule has 0 aliphatic heterocycles. The highest BCUT2D eigenvalue weighted by atomic mass is 35.5. The van der Waals surface area contributed by atoms with Crippen molar-refractivity contribution in [3.05, 3.63) is 34.3 Å². The van der Waals surface area contributed by atoms with Crippen LogP contribution in [0.3, 0.4) is 0 Å². The van der Waals surface area contributed by atoms with Crippen LogP contribution in [0.25, 0.3) is 0 Å². The van der Waals surface area contributed by atoms with E-state index < -0.39 is 0 Å². The molecule has 0 heterocycles. The minimum atomic E-state index is -0.0399. The third kappa shape index (κ3) is 3.38. The van der Waals surface area contributed by atoms with Crippen molar-refractivity contribution in [3.63, 3.8) is 0 Å². The molecule has 0 fully saturated rings. The van der Waals surface area contributed by atoms with E-state index in [-0.39, 0.29) is 5.38 Å². The Morgan fingerprint density at radius 1 is 1.38 bits per heavy atom. The third-order valence-corrected chi connectivity index (χ3v) is 3.01. The molecule has 0 bridgehead atoms. The van der Waals surface area contributed by atoms with Crippen LogP contribution in [0.5, 0.6) is 0 Å². The summed E-state index contributed by atoms with van der Waals surface area (Å²) in [6.45, 7) is 2.01. The number of hydrogen-bond acceptors (Lipinski definition) is 0. The number of halogens is 3. The third-order valence-electron chi connectivity index (χ3n) is 1.82. The average Bonchev–Trinajstić information content (AvgIpc) is 2.09. The van der Waals surface area contributed by atoms with Gasteiger partial charge in [-0.3, -0.25) is 0 Å². The van der Waals surface area contributed by atoms with E-state index in [1.54, 1.807) is 0 Å². The average molecular weight is 238 g/mol. The van der Waals surface area contributed by atoms with Crippen LogP contribution in [0, 0.1) is 6.92 Å². The van der Waals surface area contributed by atoms with Gasteiger partial charge in [0.15, 0.2) is 0 Å². The van der Waals surface area contributed by atoms with Gasteiger partial charge in [-0.1, -0.05) is 23.7 Å². The molecule has 0 saturated carbocycles. The Kier molecular flexibility index (Phi) is 4.37. The van der Waals surface area contributed by atoms with E-state index in [1.165, 1.54) is 0 Å². The molecule has 0 nitrogen and oxygen atoms in total. The predicted octanol–water partition coefficient (Wildman–Crippen LogP) is 4.04. The van der Waals surface area contributed by atoms with Crippen LogP contribution in [0.1, 0.15) is 11.1 Å². The molecule has 72 valence electrons. The Morgan fingerprint density at radius 2 is 2.08 bits per heavy atom. The minimum Gasteiger partial charge on any atom is -0.125 e. The second-order valence-electron chi connectivity index (χ2n) is 3.05. The molecule has 0 spiro atoms. The number of alkyl halides is 2. The number of benzene rings is 1. The minimum absolute atomic E-state index is 0.0399. The first-order valence-corrected chi connectivity index (χ1v) is 5.43. The smallest absolute Gasteiger partial charge is 0.0512 e. The standard InChI is InChI=1S/C10H11Cl3/c1-7-2-3-8(10(13)4-7)5-9(12)6-11/h2-4,9H,5-6H2,1H3. The van der Waals surface area contributed by atoms with Crippen LogP contribution >= 0.6 is 34.8 Å². The van der Waals surface area contributed by atoms with E-state index in [1.807, 2.05) is 25.1 Å². The van der Waals surface area contributed by atoms with E-state index in [0.717, 1.165) is 22.6 Å². The van der Waals surface area contributed by atoms with Gasteiger partial charge in [-0.15, -0.1) is 23.2 Å². The zero-order valence-electron chi connectivity index (χ0n) is 7.36. The molecule has 0 aliphatic rings. The second kappa shape index (κ2) is 5.09. The summed E-state index contributed by atoms with van der Waals surface area (Å²) in [5, 5.41) is 0.734. The van der Waals surface area contributed by atoms with Crippen LogP contribution in [0.15, 0.2) is 18.2 Å². The lowest BCUT2D eigenvalue weighted by Crippen LogP contribution is -2.05. The lowest BCUT2D eigenvalue weighted by molar-refractivity contribution is 0.937. The van der Waals surface area contributed by atoms with Gasteiger partial charge in [0.25, 0.3) is 0 Å². The maximum atomic E-state index is 6.03. The number of hydrogen-bond donors (Lipinski definition) is 0. The quantitative estimate of drug-likeness (QED) is 0.696. The predicted molar refractivity (Wildman–Crippen MR) is 60.3 cm³/mol. The molecular weight excluding hydrogens is 226 g/mol. The Bertz CT molecular complexity index is 283. The van der Waals surface area contributed by atoms with E-state index in [9.17, 15) is 0 Å². The summed E-state index contributed by atoms with van der Waals surface area (Å²) < 4.78 is 0. The SMILES string of the molecule is Cc1ccc(CC(Cl)CCl)c(Cl)c1. The fourth-order valence-corrected chi connectivity index (χ4v) is 1.70. The van der Waals surface area contributed by atoms with Gasteiger partial charge in [-0.05, 0) is 30.5 Å². The highest BCUT2D eigenvalue weighted by Crippen LogP contribution is 2.20.